The standard InChI is InChI=1S/C14H23NO3/c16-12-7-2-1-6-11(12)15-8-9-4-3-5-10(9)13(15)14(17)18/h9-13,16H,1-8H2,(H,17,18). The Morgan fingerprint density at radius 1 is 1.06 bits per heavy atom. The molecule has 4 nitrogen and oxygen atoms in total. The number of nitrogens with zero attached hydrogens (tertiary/aromatic N) is 1. The maximum Gasteiger partial charge on any atom is 0.321 e. The number of hydrogen-bond acceptors (Lipinski definition) is 3. The molecule has 0 aromatic rings. The summed E-state index contributed by atoms with van der Waals surface area (Å²) in [7, 11) is 0. The van der Waals surface area contributed by atoms with Gasteiger partial charge in [0.2, 0.25) is 0 Å². The number of carboxylic acid groups (broad SMARTS) is 1. The van der Waals surface area contributed by atoms with E-state index in [-0.39, 0.29) is 18.2 Å². The van der Waals surface area contributed by atoms with Gasteiger partial charge in [0.1, 0.15) is 6.04 Å². The summed E-state index contributed by atoms with van der Waals surface area (Å²) in [5.41, 5.74) is 0. The molecule has 3 fully saturated rings. The smallest absolute Gasteiger partial charge is 0.321 e. The number of aliphatic hydroxyl groups excluding tert-OH is 1. The third kappa shape index (κ3) is 1.95. The molecule has 2 N–H and O–H groups in total. The highest BCUT2D eigenvalue weighted by molar-refractivity contribution is 5.74. The summed E-state index contributed by atoms with van der Waals surface area (Å²) in [4.78, 5) is 13.7. The van der Waals surface area contributed by atoms with E-state index in [9.17, 15) is 15.0 Å². The molecule has 3 aliphatic rings. The monoisotopic (exact) mass is 253 g/mol. The number of aliphatic carboxylic acids is 1. The van der Waals surface area contributed by atoms with Crippen LogP contribution < -0.4 is 0 Å². The van der Waals surface area contributed by atoms with Gasteiger partial charge < -0.3 is 10.2 Å². The molecule has 0 radical (unpaired) electrons. The fourth-order valence-corrected chi connectivity index (χ4v) is 4.48. The number of fused-ring (bicyclic) bond motifs is 1. The highest BCUT2D eigenvalue weighted by atomic mass is 16.4. The Morgan fingerprint density at radius 2 is 1.83 bits per heavy atom. The number of aliphatic hydroxyl groups is 1. The van der Waals surface area contributed by atoms with Gasteiger partial charge in [-0.1, -0.05) is 19.3 Å². The summed E-state index contributed by atoms with van der Waals surface area (Å²) >= 11 is 0. The molecule has 5 unspecified atom stereocenters. The quantitative estimate of drug-likeness (QED) is 0.782. The Balaban J connectivity index is 1.80. The fourth-order valence-electron chi connectivity index (χ4n) is 4.48. The van der Waals surface area contributed by atoms with E-state index in [1.54, 1.807) is 0 Å². The Hall–Kier alpha value is -0.610. The van der Waals surface area contributed by atoms with Gasteiger partial charge in [0, 0.05) is 12.6 Å². The van der Waals surface area contributed by atoms with E-state index in [1.165, 1.54) is 12.8 Å². The van der Waals surface area contributed by atoms with Crippen LogP contribution in [0.25, 0.3) is 0 Å². The predicted octanol–water partition coefficient (Wildman–Crippen LogP) is 1.47. The molecule has 4 heteroatoms. The molecule has 0 amide bonds. The largest absolute Gasteiger partial charge is 0.480 e. The molecule has 1 saturated heterocycles. The van der Waals surface area contributed by atoms with Gasteiger partial charge in [-0.2, -0.15) is 0 Å². The number of carboxylic acids is 1. The summed E-state index contributed by atoms with van der Waals surface area (Å²) in [6.45, 7) is 0.892. The number of likely N-dealkylation sites (tertiary alicyclic amines) is 1. The zero-order valence-corrected chi connectivity index (χ0v) is 10.8. The Labute approximate surface area is 108 Å². The van der Waals surface area contributed by atoms with Crippen molar-refractivity contribution < 1.29 is 15.0 Å². The van der Waals surface area contributed by atoms with Gasteiger partial charge >= 0.3 is 5.97 Å². The lowest BCUT2D eigenvalue weighted by Gasteiger charge is -2.38. The van der Waals surface area contributed by atoms with Crippen molar-refractivity contribution in [2.75, 3.05) is 6.54 Å². The molecule has 102 valence electrons. The Morgan fingerprint density at radius 3 is 2.56 bits per heavy atom. The molecule has 18 heavy (non-hydrogen) atoms. The second-order valence-corrected chi connectivity index (χ2v) is 6.25. The van der Waals surface area contributed by atoms with E-state index in [0.717, 1.165) is 38.6 Å². The Kier molecular flexibility index (Phi) is 3.32. The third-order valence-corrected chi connectivity index (χ3v) is 5.30. The van der Waals surface area contributed by atoms with Crippen LogP contribution in [0.1, 0.15) is 44.9 Å². The van der Waals surface area contributed by atoms with Crippen LogP contribution in [0.2, 0.25) is 0 Å². The molecular formula is C14H23NO3. The van der Waals surface area contributed by atoms with Gasteiger partial charge in [0.25, 0.3) is 0 Å². The lowest BCUT2D eigenvalue weighted by atomic mass is 9.90. The lowest BCUT2D eigenvalue weighted by molar-refractivity contribution is -0.145. The van der Waals surface area contributed by atoms with Crippen LogP contribution >= 0.6 is 0 Å². The van der Waals surface area contributed by atoms with Crippen molar-refractivity contribution in [1.82, 2.24) is 4.90 Å². The van der Waals surface area contributed by atoms with Crippen LogP contribution in [-0.2, 0) is 4.79 Å². The summed E-state index contributed by atoms with van der Waals surface area (Å²) in [6.07, 6.45) is 7.09. The molecule has 3 rings (SSSR count). The SMILES string of the molecule is O=C(O)C1C2CCCC2CN1C1CCCCC1O. The van der Waals surface area contributed by atoms with Gasteiger partial charge in [0.05, 0.1) is 6.10 Å². The maximum absolute atomic E-state index is 11.6. The van der Waals surface area contributed by atoms with Crippen LogP contribution in [-0.4, -0.2) is 45.8 Å². The van der Waals surface area contributed by atoms with Gasteiger partial charge in [-0.3, -0.25) is 9.69 Å². The van der Waals surface area contributed by atoms with E-state index in [4.69, 9.17) is 0 Å². The molecule has 0 spiro atoms. The van der Waals surface area contributed by atoms with Gasteiger partial charge in [0.15, 0.2) is 0 Å². The number of carbonyl (C=O) groups is 1. The van der Waals surface area contributed by atoms with Crippen molar-refractivity contribution in [3.63, 3.8) is 0 Å². The van der Waals surface area contributed by atoms with Crippen molar-refractivity contribution in [2.45, 2.75) is 63.1 Å². The number of hydrogen-bond donors (Lipinski definition) is 2. The van der Waals surface area contributed by atoms with Crippen LogP contribution in [0.5, 0.6) is 0 Å². The first kappa shape index (κ1) is 12.4. The van der Waals surface area contributed by atoms with Crippen LogP contribution in [0.4, 0.5) is 0 Å². The highest BCUT2D eigenvalue weighted by Crippen LogP contribution is 2.44. The van der Waals surface area contributed by atoms with Crippen LogP contribution in [0.3, 0.4) is 0 Å². The zero-order chi connectivity index (χ0) is 12.7. The first-order valence-electron chi connectivity index (χ1n) is 7.35. The maximum atomic E-state index is 11.6. The van der Waals surface area contributed by atoms with E-state index in [0.29, 0.717) is 11.8 Å². The molecule has 0 aromatic carbocycles. The summed E-state index contributed by atoms with van der Waals surface area (Å²) in [6, 6.07) is -0.249. The van der Waals surface area contributed by atoms with E-state index in [1.807, 2.05) is 0 Å². The molecule has 0 aromatic heterocycles. The zero-order valence-electron chi connectivity index (χ0n) is 10.8. The van der Waals surface area contributed by atoms with Gasteiger partial charge in [-0.15, -0.1) is 0 Å². The third-order valence-electron chi connectivity index (χ3n) is 5.30. The lowest BCUT2D eigenvalue weighted by Crippen LogP contribution is -2.51. The molecule has 1 heterocycles. The minimum absolute atomic E-state index is 0.0884. The van der Waals surface area contributed by atoms with Crippen molar-refractivity contribution >= 4 is 5.97 Å². The van der Waals surface area contributed by atoms with Crippen LogP contribution in [0, 0.1) is 11.8 Å². The first-order chi connectivity index (χ1) is 8.68. The summed E-state index contributed by atoms with van der Waals surface area (Å²) in [5.74, 6) is 0.207. The molecule has 2 aliphatic carbocycles. The summed E-state index contributed by atoms with van der Waals surface area (Å²) < 4.78 is 0. The average Bonchev–Trinajstić information content (AvgIpc) is 2.88. The fraction of sp³-hybridized carbons (Fsp3) is 0.929. The predicted molar refractivity (Wildman–Crippen MR) is 67.2 cm³/mol. The minimum Gasteiger partial charge on any atom is -0.480 e. The highest BCUT2D eigenvalue weighted by Gasteiger charge is 2.50. The topological polar surface area (TPSA) is 60.8 Å². The summed E-state index contributed by atoms with van der Waals surface area (Å²) in [5, 5.41) is 19.7. The average molecular weight is 253 g/mol. The van der Waals surface area contributed by atoms with Gasteiger partial charge in [-0.25, -0.2) is 0 Å². The molecule has 0 bridgehead atoms. The van der Waals surface area contributed by atoms with Crippen molar-refractivity contribution in [3.05, 3.63) is 0 Å². The second-order valence-electron chi connectivity index (χ2n) is 6.25. The minimum atomic E-state index is -0.679. The van der Waals surface area contributed by atoms with Crippen molar-refractivity contribution in [2.24, 2.45) is 11.8 Å². The molecule has 1 aliphatic heterocycles. The van der Waals surface area contributed by atoms with Crippen LogP contribution in [0.15, 0.2) is 0 Å². The number of rotatable bonds is 2. The van der Waals surface area contributed by atoms with E-state index >= 15 is 0 Å². The molecule has 2 saturated carbocycles. The normalized spacial score (nSPS) is 45.1. The second kappa shape index (κ2) is 4.82. The van der Waals surface area contributed by atoms with E-state index < -0.39 is 5.97 Å². The molecular weight excluding hydrogens is 230 g/mol. The Bertz CT molecular complexity index is 333. The first-order valence-corrected chi connectivity index (χ1v) is 7.35. The van der Waals surface area contributed by atoms with E-state index in [2.05, 4.69) is 4.90 Å². The van der Waals surface area contributed by atoms with Gasteiger partial charge in [-0.05, 0) is 37.5 Å². The van der Waals surface area contributed by atoms with Crippen molar-refractivity contribution in [1.29, 1.82) is 0 Å². The molecule has 5 atom stereocenters. The van der Waals surface area contributed by atoms with Crippen molar-refractivity contribution in [3.8, 4) is 0 Å².